The molecule has 0 radical (unpaired) electrons. The minimum absolute atomic E-state index is 0.121. The van der Waals surface area contributed by atoms with Gasteiger partial charge in [-0.15, -0.1) is 0 Å². The number of hydrogen-bond donors (Lipinski definition) is 1. The lowest BCUT2D eigenvalue weighted by Crippen LogP contribution is -2.42. The lowest BCUT2D eigenvalue weighted by Gasteiger charge is -2.24. The highest BCUT2D eigenvalue weighted by Crippen LogP contribution is 2.32. The Hall–Kier alpha value is -2.77. The molecular weight excluding hydrogens is 352 g/mol. The number of esters is 1. The minimum atomic E-state index is -0.863. The van der Waals surface area contributed by atoms with E-state index in [4.69, 9.17) is 14.2 Å². The topological polar surface area (TPSA) is 94.2 Å². The van der Waals surface area contributed by atoms with E-state index in [2.05, 4.69) is 5.32 Å². The van der Waals surface area contributed by atoms with Gasteiger partial charge in [0.25, 0.3) is 11.8 Å². The number of ether oxygens (including phenoxy) is 3. The molecule has 0 aliphatic carbocycles. The van der Waals surface area contributed by atoms with E-state index < -0.39 is 18.0 Å². The van der Waals surface area contributed by atoms with E-state index in [1.807, 2.05) is 0 Å². The first-order valence-corrected chi connectivity index (χ1v) is 9.21. The number of amides is 2. The second kappa shape index (κ2) is 8.75. The highest BCUT2D eigenvalue weighted by Gasteiger charge is 2.24. The standard InChI is InChI=1S/C19H24N2O6/c1-13(19(24)21-8-4-2-3-5-9-21)27-17(22)11-20-18(23)14-6-7-15-16(10-14)26-12-25-15/h6-7,10,13H,2-5,8-9,11-12H2,1H3,(H,20,23)/t13-/m1/s1. The summed E-state index contributed by atoms with van der Waals surface area (Å²) in [7, 11) is 0. The van der Waals surface area contributed by atoms with E-state index in [-0.39, 0.29) is 19.2 Å². The molecule has 0 spiro atoms. The van der Waals surface area contributed by atoms with Gasteiger partial charge < -0.3 is 24.4 Å². The summed E-state index contributed by atoms with van der Waals surface area (Å²) in [5, 5.41) is 2.49. The first kappa shape index (κ1) is 19.0. The first-order valence-electron chi connectivity index (χ1n) is 9.21. The summed E-state index contributed by atoms with van der Waals surface area (Å²) < 4.78 is 15.6. The predicted molar refractivity (Wildman–Crippen MR) is 95.5 cm³/mol. The highest BCUT2D eigenvalue weighted by atomic mass is 16.7. The summed E-state index contributed by atoms with van der Waals surface area (Å²) in [6.07, 6.45) is 3.31. The van der Waals surface area contributed by atoms with Crippen molar-refractivity contribution in [3.05, 3.63) is 23.8 Å². The van der Waals surface area contributed by atoms with Gasteiger partial charge in [0.2, 0.25) is 6.79 Å². The van der Waals surface area contributed by atoms with E-state index in [1.165, 1.54) is 0 Å². The van der Waals surface area contributed by atoms with Gasteiger partial charge in [0.1, 0.15) is 6.54 Å². The van der Waals surface area contributed by atoms with Crippen molar-refractivity contribution in [3.8, 4) is 11.5 Å². The van der Waals surface area contributed by atoms with Crippen molar-refractivity contribution < 1.29 is 28.6 Å². The molecule has 0 saturated carbocycles. The van der Waals surface area contributed by atoms with Crippen LogP contribution in [-0.4, -0.2) is 55.2 Å². The fraction of sp³-hybridized carbons (Fsp3) is 0.526. The van der Waals surface area contributed by atoms with Gasteiger partial charge in [-0.05, 0) is 38.0 Å². The molecule has 2 heterocycles. The van der Waals surface area contributed by atoms with Crippen molar-refractivity contribution in [1.29, 1.82) is 0 Å². The summed E-state index contributed by atoms with van der Waals surface area (Å²) in [4.78, 5) is 38.3. The van der Waals surface area contributed by atoms with Crippen molar-refractivity contribution in [1.82, 2.24) is 10.2 Å². The Morgan fingerprint density at radius 2 is 1.81 bits per heavy atom. The molecule has 8 heteroatoms. The summed E-state index contributed by atoms with van der Waals surface area (Å²) in [6.45, 7) is 2.76. The van der Waals surface area contributed by atoms with Crippen LogP contribution in [0.25, 0.3) is 0 Å². The zero-order valence-corrected chi connectivity index (χ0v) is 15.4. The number of benzene rings is 1. The third-order valence-electron chi connectivity index (χ3n) is 4.60. The van der Waals surface area contributed by atoms with Gasteiger partial charge in [-0.2, -0.15) is 0 Å². The van der Waals surface area contributed by atoms with Gasteiger partial charge in [-0.3, -0.25) is 14.4 Å². The summed E-state index contributed by atoms with van der Waals surface area (Å²) in [5.74, 6) is -0.211. The molecule has 1 saturated heterocycles. The average Bonchev–Trinajstić information content (AvgIpc) is 2.97. The second-order valence-corrected chi connectivity index (χ2v) is 6.62. The molecule has 2 aliphatic rings. The second-order valence-electron chi connectivity index (χ2n) is 6.62. The molecule has 1 atom stereocenters. The Morgan fingerprint density at radius 1 is 1.11 bits per heavy atom. The van der Waals surface area contributed by atoms with Crippen LogP contribution in [0.4, 0.5) is 0 Å². The monoisotopic (exact) mass is 376 g/mol. The maximum Gasteiger partial charge on any atom is 0.326 e. The summed E-state index contributed by atoms with van der Waals surface area (Å²) in [5.41, 5.74) is 0.348. The third kappa shape index (κ3) is 4.90. The van der Waals surface area contributed by atoms with Crippen LogP contribution in [0.3, 0.4) is 0 Å². The van der Waals surface area contributed by atoms with E-state index in [1.54, 1.807) is 30.0 Å². The number of rotatable bonds is 5. The SMILES string of the molecule is C[C@@H](OC(=O)CNC(=O)c1ccc2c(c1)OCO2)C(=O)N1CCCCCC1. The Morgan fingerprint density at radius 3 is 2.56 bits per heavy atom. The first-order chi connectivity index (χ1) is 13.0. The maximum absolute atomic E-state index is 12.4. The molecule has 1 N–H and O–H groups in total. The highest BCUT2D eigenvalue weighted by molar-refractivity contribution is 5.96. The molecule has 0 bridgehead atoms. The van der Waals surface area contributed by atoms with Crippen LogP contribution in [0.15, 0.2) is 18.2 Å². The predicted octanol–water partition coefficient (Wildman–Crippen LogP) is 1.48. The normalized spacial score (nSPS) is 17.0. The molecule has 1 fully saturated rings. The zero-order valence-electron chi connectivity index (χ0n) is 15.4. The molecule has 2 aliphatic heterocycles. The fourth-order valence-corrected chi connectivity index (χ4v) is 3.13. The number of fused-ring (bicyclic) bond motifs is 1. The van der Waals surface area contributed by atoms with Crippen molar-refractivity contribution in [2.45, 2.75) is 38.7 Å². The Bertz CT molecular complexity index is 712. The lowest BCUT2D eigenvalue weighted by molar-refractivity contribution is -0.158. The molecule has 0 unspecified atom stereocenters. The van der Waals surface area contributed by atoms with Crippen molar-refractivity contribution >= 4 is 17.8 Å². The third-order valence-corrected chi connectivity index (χ3v) is 4.60. The lowest BCUT2D eigenvalue weighted by atomic mass is 10.2. The summed E-state index contributed by atoms with van der Waals surface area (Å²) >= 11 is 0. The molecule has 8 nitrogen and oxygen atoms in total. The molecule has 27 heavy (non-hydrogen) atoms. The van der Waals surface area contributed by atoms with Crippen LogP contribution in [0.2, 0.25) is 0 Å². The largest absolute Gasteiger partial charge is 0.454 e. The molecule has 3 rings (SSSR count). The number of nitrogens with one attached hydrogen (secondary N) is 1. The molecule has 146 valence electrons. The van der Waals surface area contributed by atoms with Gasteiger partial charge in [0, 0.05) is 18.7 Å². The Balaban J connectivity index is 1.45. The molecule has 1 aromatic carbocycles. The zero-order chi connectivity index (χ0) is 19.2. The maximum atomic E-state index is 12.4. The van der Waals surface area contributed by atoms with Crippen LogP contribution in [0, 0.1) is 0 Å². The molecular formula is C19H24N2O6. The van der Waals surface area contributed by atoms with E-state index in [0.29, 0.717) is 30.2 Å². The molecule has 2 amide bonds. The minimum Gasteiger partial charge on any atom is -0.454 e. The number of carbonyl (C=O) groups excluding carboxylic acids is 3. The molecule has 1 aromatic rings. The van der Waals surface area contributed by atoms with E-state index in [0.717, 1.165) is 25.7 Å². The number of likely N-dealkylation sites (tertiary alicyclic amines) is 1. The van der Waals surface area contributed by atoms with Crippen LogP contribution in [-0.2, 0) is 14.3 Å². The van der Waals surface area contributed by atoms with Gasteiger partial charge >= 0.3 is 5.97 Å². The van der Waals surface area contributed by atoms with Gasteiger partial charge in [0.05, 0.1) is 0 Å². The quantitative estimate of drug-likeness (QED) is 0.783. The van der Waals surface area contributed by atoms with Crippen molar-refractivity contribution in [2.75, 3.05) is 26.4 Å². The Labute approximate surface area is 157 Å². The smallest absolute Gasteiger partial charge is 0.326 e. The Kier molecular flexibility index (Phi) is 6.16. The molecule has 0 aromatic heterocycles. The van der Waals surface area contributed by atoms with Crippen molar-refractivity contribution in [2.24, 2.45) is 0 Å². The van der Waals surface area contributed by atoms with Crippen LogP contribution in [0.5, 0.6) is 11.5 Å². The van der Waals surface area contributed by atoms with Gasteiger partial charge in [-0.1, -0.05) is 12.8 Å². The summed E-state index contributed by atoms with van der Waals surface area (Å²) in [6, 6.07) is 4.77. The van der Waals surface area contributed by atoms with Crippen LogP contribution in [0.1, 0.15) is 43.0 Å². The van der Waals surface area contributed by atoms with Crippen LogP contribution < -0.4 is 14.8 Å². The number of carbonyl (C=O) groups is 3. The fourth-order valence-electron chi connectivity index (χ4n) is 3.13. The number of nitrogens with zero attached hydrogens (tertiary/aromatic N) is 1. The van der Waals surface area contributed by atoms with Gasteiger partial charge in [-0.25, -0.2) is 0 Å². The van der Waals surface area contributed by atoms with Crippen molar-refractivity contribution in [3.63, 3.8) is 0 Å². The van der Waals surface area contributed by atoms with E-state index in [9.17, 15) is 14.4 Å². The van der Waals surface area contributed by atoms with Gasteiger partial charge in [0.15, 0.2) is 17.6 Å². The average molecular weight is 376 g/mol. The van der Waals surface area contributed by atoms with Crippen LogP contribution >= 0.6 is 0 Å². The number of hydrogen-bond acceptors (Lipinski definition) is 6. The van der Waals surface area contributed by atoms with E-state index >= 15 is 0 Å².